The Bertz CT molecular complexity index is 1780. The first-order chi connectivity index (χ1) is 20.4. The number of hydrogen-bond acceptors (Lipinski definition) is 9. The van der Waals surface area contributed by atoms with Gasteiger partial charge in [0.05, 0.1) is 51.1 Å². The Labute approximate surface area is 245 Å². The molecule has 0 spiro atoms. The predicted molar refractivity (Wildman–Crippen MR) is 162 cm³/mol. The highest BCUT2D eigenvalue weighted by atomic mass is 35.5. The van der Waals surface area contributed by atoms with E-state index in [-0.39, 0.29) is 11.3 Å². The first-order valence-electron chi connectivity index (χ1n) is 12.6. The molecule has 42 heavy (non-hydrogen) atoms. The molecule has 210 valence electrons. The fourth-order valence-corrected chi connectivity index (χ4v) is 4.69. The monoisotopic (exact) mass is 583 g/mol. The summed E-state index contributed by atoms with van der Waals surface area (Å²) in [5.74, 6) is -2.36. The van der Waals surface area contributed by atoms with E-state index in [0.717, 1.165) is 29.2 Å². The number of hydrogen-bond donors (Lipinski definition) is 4. The molecular formula is C30H24ClF2N9. The molecule has 12 heteroatoms. The minimum Gasteiger partial charge on any atom is -0.373 e. The molecule has 3 heterocycles. The topological polar surface area (TPSA) is 113 Å². The maximum atomic E-state index is 13.9. The lowest BCUT2D eigenvalue weighted by molar-refractivity contribution is 0.480. The van der Waals surface area contributed by atoms with E-state index in [0.29, 0.717) is 27.3 Å². The summed E-state index contributed by atoms with van der Waals surface area (Å²) < 4.78 is 27.4. The quantitative estimate of drug-likeness (QED) is 0.100. The van der Waals surface area contributed by atoms with Gasteiger partial charge in [-0.2, -0.15) is 9.65 Å². The third-order valence-corrected chi connectivity index (χ3v) is 6.58. The van der Waals surface area contributed by atoms with Crippen LogP contribution in [0.5, 0.6) is 0 Å². The highest BCUT2D eigenvalue weighted by Gasteiger charge is 2.25. The predicted octanol–water partition coefficient (Wildman–Crippen LogP) is 6.49. The molecule has 4 aromatic rings. The Morgan fingerprint density at radius 3 is 2.69 bits per heavy atom. The van der Waals surface area contributed by atoms with Crippen LogP contribution in [0.15, 0.2) is 102 Å². The third-order valence-electron chi connectivity index (χ3n) is 6.29. The molecule has 0 radical (unpaired) electrons. The van der Waals surface area contributed by atoms with Gasteiger partial charge in [0, 0.05) is 35.7 Å². The van der Waals surface area contributed by atoms with Gasteiger partial charge in [0.15, 0.2) is 5.82 Å². The number of halogens is 3. The number of pyridine rings is 2. The summed E-state index contributed by atoms with van der Waals surface area (Å²) in [7, 11) is 0. The van der Waals surface area contributed by atoms with Crippen LogP contribution >= 0.6 is 11.6 Å². The molecule has 0 bridgehead atoms. The maximum Gasteiger partial charge on any atom is 0.249 e. The van der Waals surface area contributed by atoms with E-state index in [1.54, 1.807) is 18.3 Å². The molecule has 0 fully saturated rings. The molecule has 2 aromatic carbocycles. The van der Waals surface area contributed by atoms with E-state index < -0.39 is 17.8 Å². The molecule has 5 rings (SSSR count). The number of benzene rings is 2. The number of anilines is 4. The second kappa shape index (κ2) is 12.5. The number of aliphatic imine (C=N–C) groups is 1. The SMILES string of the molecule is C=N/C=C(\C=C/C)[C@H](Nc1cc(Cl)c2ncc(C#N)c(Nc3cnc(F)c(F)c3)c2c1)C1=CN(c2ccccc2)NN1. The summed E-state index contributed by atoms with van der Waals surface area (Å²) in [4.78, 5) is 11.8. The molecule has 0 unspecified atom stereocenters. The average Bonchev–Trinajstić information content (AvgIpc) is 3.49. The van der Waals surface area contributed by atoms with Crippen molar-refractivity contribution in [2.75, 3.05) is 15.6 Å². The number of aromatic nitrogens is 2. The summed E-state index contributed by atoms with van der Waals surface area (Å²) in [5, 5.41) is 18.9. The highest BCUT2D eigenvalue weighted by Crippen LogP contribution is 2.36. The van der Waals surface area contributed by atoms with Crippen molar-refractivity contribution in [3.63, 3.8) is 0 Å². The van der Waals surface area contributed by atoms with Crippen LogP contribution in [0.1, 0.15) is 12.5 Å². The van der Waals surface area contributed by atoms with E-state index >= 15 is 0 Å². The standard InChI is InChI=1S/C30H24ClF2N9/c1-3-7-18(14-35-2)28(26-17-42(41-40-26)22-8-5-4-6-9-22)38-20-10-23-27(39-21-12-25(32)30(33)37-16-21)19(13-34)15-36-29(23)24(31)11-20/h3-12,14-17,28,38,40-41H,2H2,1H3,(H,36,39)/b7-3-,18-14+/t28-/m0/s1. The number of nitrogens with zero attached hydrogens (tertiary/aromatic N) is 5. The van der Waals surface area contributed by atoms with Crippen LogP contribution in [0.3, 0.4) is 0 Å². The number of nitrogens with one attached hydrogen (secondary N) is 4. The summed E-state index contributed by atoms with van der Waals surface area (Å²) in [6, 6.07) is 15.8. The summed E-state index contributed by atoms with van der Waals surface area (Å²) in [6.45, 7) is 5.52. The Balaban J connectivity index is 1.59. The molecule has 4 N–H and O–H groups in total. The fourth-order valence-electron chi connectivity index (χ4n) is 4.42. The molecular weight excluding hydrogens is 560 g/mol. The third kappa shape index (κ3) is 5.90. The van der Waals surface area contributed by atoms with Crippen LogP contribution < -0.4 is 26.6 Å². The van der Waals surface area contributed by atoms with Crippen LogP contribution in [0.2, 0.25) is 5.02 Å². The van der Waals surface area contributed by atoms with Gasteiger partial charge < -0.3 is 16.1 Å². The Morgan fingerprint density at radius 1 is 1.17 bits per heavy atom. The molecule has 0 amide bonds. The zero-order valence-electron chi connectivity index (χ0n) is 22.2. The lowest BCUT2D eigenvalue weighted by Crippen LogP contribution is -2.39. The molecule has 2 aromatic heterocycles. The lowest BCUT2D eigenvalue weighted by atomic mass is 10.0. The molecule has 0 saturated heterocycles. The minimum atomic E-state index is -1.23. The van der Waals surface area contributed by atoms with Crippen molar-refractivity contribution in [1.82, 2.24) is 20.9 Å². The van der Waals surface area contributed by atoms with Gasteiger partial charge in [-0.15, -0.1) is 5.53 Å². The summed E-state index contributed by atoms with van der Waals surface area (Å²) in [5.41, 5.74) is 10.4. The molecule has 0 saturated carbocycles. The largest absolute Gasteiger partial charge is 0.373 e. The van der Waals surface area contributed by atoms with Gasteiger partial charge in [0.2, 0.25) is 5.95 Å². The van der Waals surface area contributed by atoms with E-state index in [1.165, 1.54) is 6.20 Å². The number of rotatable bonds is 9. The minimum absolute atomic E-state index is 0.146. The van der Waals surface area contributed by atoms with Crippen LogP contribution in [-0.2, 0) is 0 Å². The van der Waals surface area contributed by atoms with Gasteiger partial charge in [-0.1, -0.05) is 42.0 Å². The van der Waals surface area contributed by atoms with Crippen LogP contribution in [-0.4, -0.2) is 22.7 Å². The zero-order chi connectivity index (χ0) is 29.6. The van der Waals surface area contributed by atoms with Gasteiger partial charge >= 0.3 is 0 Å². The first kappa shape index (κ1) is 28.2. The van der Waals surface area contributed by atoms with E-state index in [9.17, 15) is 14.0 Å². The van der Waals surface area contributed by atoms with E-state index in [2.05, 4.69) is 49.3 Å². The van der Waals surface area contributed by atoms with Crippen molar-refractivity contribution in [2.45, 2.75) is 13.0 Å². The average molecular weight is 584 g/mol. The Kier molecular flexibility index (Phi) is 8.38. The molecule has 1 atom stereocenters. The van der Waals surface area contributed by atoms with Gasteiger partial charge in [-0.25, -0.2) is 9.37 Å². The smallest absolute Gasteiger partial charge is 0.249 e. The van der Waals surface area contributed by atoms with Gasteiger partial charge in [-0.05, 0) is 43.5 Å². The number of para-hydroxylation sites is 1. The van der Waals surface area contributed by atoms with E-state index in [4.69, 9.17) is 11.6 Å². The lowest BCUT2D eigenvalue weighted by Gasteiger charge is -2.23. The number of nitriles is 1. The zero-order valence-corrected chi connectivity index (χ0v) is 23.0. The number of allylic oxidation sites excluding steroid dienone is 1. The first-order valence-corrected chi connectivity index (χ1v) is 13.0. The summed E-state index contributed by atoms with van der Waals surface area (Å²) >= 11 is 6.68. The van der Waals surface area contributed by atoms with Crippen molar-refractivity contribution < 1.29 is 8.78 Å². The van der Waals surface area contributed by atoms with Crippen molar-refractivity contribution in [3.05, 3.63) is 119 Å². The van der Waals surface area contributed by atoms with Crippen molar-refractivity contribution in [1.29, 1.82) is 5.26 Å². The molecule has 9 nitrogen and oxygen atoms in total. The van der Waals surface area contributed by atoms with Crippen molar-refractivity contribution >= 4 is 52.0 Å². The van der Waals surface area contributed by atoms with Crippen molar-refractivity contribution in [3.8, 4) is 6.07 Å². The maximum absolute atomic E-state index is 13.9. The Morgan fingerprint density at radius 2 is 1.98 bits per heavy atom. The normalized spacial score (nSPS) is 13.9. The molecule has 1 aliphatic rings. The fraction of sp³-hybridized carbons (Fsp3) is 0.0667. The molecule has 0 aliphatic carbocycles. The van der Waals surface area contributed by atoms with Gasteiger partial charge in [0.1, 0.15) is 6.07 Å². The van der Waals surface area contributed by atoms with Crippen molar-refractivity contribution in [2.24, 2.45) is 4.99 Å². The van der Waals surface area contributed by atoms with E-state index in [1.807, 2.05) is 60.6 Å². The second-order valence-corrected chi connectivity index (χ2v) is 9.46. The summed E-state index contributed by atoms with van der Waals surface area (Å²) in [6.07, 6.45) is 9.84. The second-order valence-electron chi connectivity index (χ2n) is 9.05. The van der Waals surface area contributed by atoms with Gasteiger partial charge in [-0.3, -0.25) is 15.0 Å². The van der Waals surface area contributed by atoms with Crippen LogP contribution in [0.4, 0.5) is 31.5 Å². The van der Waals surface area contributed by atoms with Crippen LogP contribution in [0, 0.1) is 23.1 Å². The Hall–Kier alpha value is -5.31. The molecule has 1 aliphatic heterocycles. The van der Waals surface area contributed by atoms with Gasteiger partial charge in [0.25, 0.3) is 0 Å². The number of fused-ring (bicyclic) bond motifs is 1. The highest BCUT2D eigenvalue weighted by molar-refractivity contribution is 6.36. The van der Waals surface area contributed by atoms with Crippen LogP contribution in [0.25, 0.3) is 10.9 Å². The number of hydrazine groups is 2.